The lowest BCUT2D eigenvalue weighted by Gasteiger charge is -2.11. The van der Waals surface area contributed by atoms with Gasteiger partial charge < -0.3 is 4.90 Å². The van der Waals surface area contributed by atoms with E-state index in [1.165, 1.54) is 18.2 Å². The van der Waals surface area contributed by atoms with Gasteiger partial charge in [-0.15, -0.1) is 0 Å². The number of carbonyl (C=O) groups excluding carboxylic acids is 1. The largest absolute Gasteiger partial charge is 0.454 e. The Bertz CT molecular complexity index is 385. The van der Waals surface area contributed by atoms with Gasteiger partial charge in [0.05, 0.1) is 0 Å². The number of halogens is 3. The van der Waals surface area contributed by atoms with Crippen LogP contribution in [0, 0.1) is 0 Å². The van der Waals surface area contributed by atoms with Crippen LogP contribution in [0.15, 0.2) is 24.3 Å². The van der Waals surface area contributed by atoms with Crippen molar-refractivity contribution in [1.82, 2.24) is 4.90 Å². The predicted molar refractivity (Wildman–Crippen MR) is 54.2 cm³/mol. The van der Waals surface area contributed by atoms with Crippen LogP contribution in [0.2, 0.25) is 0 Å². The molecule has 1 aromatic carbocycles. The standard InChI is InChI=1S/C11H12F3NO/c1-15(2)7-8-4-3-5-9(6-8)10(16)11(12,13)14/h3-6H,7H2,1-2H3. The first-order chi connectivity index (χ1) is 7.30. The Labute approximate surface area is 91.7 Å². The number of ketones is 1. The minimum atomic E-state index is -4.81. The summed E-state index contributed by atoms with van der Waals surface area (Å²) in [5.74, 6) is -1.80. The topological polar surface area (TPSA) is 20.3 Å². The molecule has 16 heavy (non-hydrogen) atoms. The fourth-order valence-electron chi connectivity index (χ4n) is 1.34. The number of carbonyl (C=O) groups is 1. The fraction of sp³-hybridized carbons (Fsp3) is 0.364. The highest BCUT2D eigenvalue weighted by Crippen LogP contribution is 2.22. The summed E-state index contributed by atoms with van der Waals surface area (Å²) < 4.78 is 36.5. The van der Waals surface area contributed by atoms with Gasteiger partial charge in [-0.05, 0) is 25.7 Å². The zero-order valence-corrected chi connectivity index (χ0v) is 9.01. The number of hydrogen-bond acceptors (Lipinski definition) is 2. The Hall–Kier alpha value is -1.36. The van der Waals surface area contributed by atoms with Crippen molar-refractivity contribution in [3.63, 3.8) is 0 Å². The van der Waals surface area contributed by atoms with Gasteiger partial charge in [0.1, 0.15) is 0 Å². The summed E-state index contributed by atoms with van der Waals surface area (Å²) in [6.07, 6.45) is -4.81. The van der Waals surface area contributed by atoms with Crippen LogP contribution in [-0.4, -0.2) is 31.0 Å². The molecule has 0 amide bonds. The number of alkyl halides is 3. The number of rotatable bonds is 3. The van der Waals surface area contributed by atoms with Crippen LogP contribution in [0.1, 0.15) is 15.9 Å². The third-order valence-corrected chi connectivity index (χ3v) is 1.95. The van der Waals surface area contributed by atoms with Crippen molar-refractivity contribution in [2.24, 2.45) is 0 Å². The lowest BCUT2D eigenvalue weighted by atomic mass is 10.1. The molecule has 0 heterocycles. The maximum Gasteiger partial charge on any atom is 0.454 e. The lowest BCUT2D eigenvalue weighted by molar-refractivity contribution is -0.0885. The van der Waals surface area contributed by atoms with E-state index in [0.717, 1.165) is 0 Å². The van der Waals surface area contributed by atoms with Gasteiger partial charge >= 0.3 is 6.18 Å². The maximum atomic E-state index is 12.2. The molecule has 0 fully saturated rings. The van der Waals surface area contributed by atoms with E-state index >= 15 is 0 Å². The molecule has 5 heteroatoms. The summed E-state index contributed by atoms with van der Waals surface area (Å²) in [6.45, 7) is 0.499. The Morgan fingerprint density at radius 1 is 1.31 bits per heavy atom. The second kappa shape index (κ2) is 4.65. The summed E-state index contributed by atoms with van der Waals surface area (Å²) in [5.41, 5.74) is 0.368. The van der Waals surface area contributed by atoms with E-state index in [1.54, 1.807) is 20.2 Å². The number of benzene rings is 1. The maximum absolute atomic E-state index is 12.2. The first-order valence-electron chi connectivity index (χ1n) is 4.66. The molecular formula is C11H12F3NO. The summed E-state index contributed by atoms with van der Waals surface area (Å²) in [7, 11) is 3.61. The molecular weight excluding hydrogens is 219 g/mol. The van der Waals surface area contributed by atoms with Crippen molar-refractivity contribution in [3.05, 3.63) is 35.4 Å². The van der Waals surface area contributed by atoms with Crippen molar-refractivity contribution < 1.29 is 18.0 Å². The Morgan fingerprint density at radius 2 is 1.94 bits per heavy atom. The average Bonchev–Trinajstić information content (AvgIpc) is 2.14. The molecule has 0 unspecified atom stereocenters. The van der Waals surface area contributed by atoms with Gasteiger partial charge in [-0.2, -0.15) is 13.2 Å². The SMILES string of the molecule is CN(C)Cc1cccc(C(=O)C(F)(F)F)c1. The van der Waals surface area contributed by atoms with Gasteiger partial charge in [-0.3, -0.25) is 4.79 Å². The number of nitrogens with zero attached hydrogens (tertiary/aromatic N) is 1. The molecule has 0 aliphatic heterocycles. The van der Waals surface area contributed by atoms with Gasteiger partial charge in [0.2, 0.25) is 0 Å². The van der Waals surface area contributed by atoms with Crippen molar-refractivity contribution >= 4 is 5.78 Å². The van der Waals surface area contributed by atoms with Crippen molar-refractivity contribution in [1.29, 1.82) is 0 Å². The second-order valence-electron chi connectivity index (χ2n) is 3.77. The van der Waals surface area contributed by atoms with Crippen LogP contribution in [-0.2, 0) is 6.54 Å². The van der Waals surface area contributed by atoms with Crippen LogP contribution >= 0.6 is 0 Å². The molecule has 0 saturated carbocycles. The molecule has 0 aliphatic rings. The summed E-state index contributed by atoms with van der Waals surface area (Å²) in [5, 5.41) is 0. The minimum Gasteiger partial charge on any atom is -0.305 e. The third-order valence-electron chi connectivity index (χ3n) is 1.95. The van der Waals surface area contributed by atoms with Crippen LogP contribution in [0.5, 0.6) is 0 Å². The van der Waals surface area contributed by atoms with Gasteiger partial charge in [-0.25, -0.2) is 0 Å². The van der Waals surface area contributed by atoms with Crippen molar-refractivity contribution in [2.75, 3.05) is 14.1 Å². The highest BCUT2D eigenvalue weighted by Gasteiger charge is 2.39. The van der Waals surface area contributed by atoms with Gasteiger partial charge in [-0.1, -0.05) is 18.2 Å². The second-order valence-corrected chi connectivity index (χ2v) is 3.77. The highest BCUT2D eigenvalue weighted by molar-refractivity contribution is 6.00. The van der Waals surface area contributed by atoms with E-state index in [2.05, 4.69) is 0 Å². The lowest BCUT2D eigenvalue weighted by Crippen LogP contribution is -2.23. The van der Waals surface area contributed by atoms with E-state index in [9.17, 15) is 18.0 Å². The molecule has 0 atom stereocenters. The van der Waals surface area contributed by atoms with Crippen molar-refractivity contribution in [3.8, 4) is 0 Å². The first-order valence-corrected chi connectivity index (χ1v) is 4.66. The smallest absolute Gasteiger partial charge is 0.305 e. The molecule has 1 rings (SSSR count). The highest BCUT2D eigenvalue weighted by atomic mass is 19.4. The summed E-state index contributed by atoms with van der Waals surface area (Å²) >= 11 is 0. The van der Waals surface area contributed by atoms with Crippen LogP contribution in [0.25, 0.3) is 0 Å². The predicted octanol–water partition coefficient (Wildman–Crippen LogP) is 2.49. The Morgan fingerprint density at radius 3 is 2.44 bits per heavy atom. The quantitative estimate of drug-likeness (QED) is 0.745. The third kappa shape index (κ3) is 3.34. The summed E-state index contributed by atoms with van der Waals surface area (Å²) in [6, 6.07) is 5.59. The summed E-state index contributed by atoms with van der Waals surface area (Å²) in [4.78, 5) is 12.8. The van der Waals surface area contributed by atoms with E-state index in [-0.39, 0.29) is 5.56 Å². The molecule has 0 spiro atoms. The zero-order valence-electron chi connectivity index (χ0n) is 9.01. The fourth-order valence-corrected chi connectivity index (χ4v) is 1.34. The minimum absolute atomic E-state index is 0.313. The monoisotopic (exact) mass is 231 g/mol. The van der Waals surface area contributed by atoms with E-state index in [4.69, 9.17) is 0 Å². The van der Waals surface area contributed by atoms with Crippen LogP contribution in [0.3, 0.4) is 0 Å². The zero-order chi connectivity index (χ0) is 12.3. The molecule has 2 nitrogen and oxygen atoms in total. The number of hydrogen-bond donors (Lipinski definition) is 0. The van der Waals surface area contributed by atoms with E-state index in [1.807, 2.05) is 4.90 Å². The average molecular weight is 231 g/mol. The van der Waals surface area contributed by atoms with Crippen LogP contribution in [0.4, 0.5) is 13.2 Å². The number of Topliss-reactive ketones (excluding diaryl/α,β-unsaturated/α-hetero) is 1. The molecule has 0 bridgehead atoms. The molecule has 88 valence electrons. The molecule has 0 radical (unpaired) electrons. The Balaban J connectivity index is 2.95. The molecule has 1 aromatic rings. The van der Waals surface area contributed by atoms with Gasteiger partial charge in [0, 0.05) is 12.1 Å². The molecule has 0 aliphatic carbocycles. The van der Waals surface area contributed by atoms with Gasteiger partial charge in [0.25, 0.3) is 5.78 Å². The van der Waals surface area contributed by atoms with Crippen molar-refractivity contribution in [2.45, 2.75) is 12.7 Å². The molecule has 0 saturated heterocycles. The van der Waals surface area contributed by atoms with E-state index in [0.29, 0.717) is 12.1 Å². The van der Waals surface area contributed by atoms with E-state index < -0.39 is 12.0 Å². The normalized spacial score (nSPS) is 11.9. The Kier molecular flexibility index (Phi) is 3.70. The van der Waals surface area contributed by atoms with Gasteiger partial charge in [0.15, 0.2) is 0 Å². The van der Waals surface area contributed by atoms with Crippen LogP contribution < -0.4 is 0 Å². The first kappa shape index (κ1) is 12.7. The molecule has 0 N–H and O–H groups in total. The molecule has 0 aromatic heterocycles.